The topological polar surface area (TPSA) is 44.8 Å². The Morgan fingerprint density at radius 3 is 2.33 bits per heavy atom. The average Bonchev–Trinajstić information content (AvgIpc) is 2.33. The number of carbonyl (C=O) groups excluding carboxylic acids is 1. The first-order valence-corrected chi connectivity index (χ1v) is 7.01. The first-order valence-electron chi connectivity index (χ1n) is 7.01. The normalized spacial score (nSPS) is 21.3. The van der Waals surface area contributed by atoms with E-state index >= 15 is 0 Å². The zero-order chi connectivity index (χ0) is 13.6. The Morgan fingerprint density at radius 2 is 1.89 bits per heavy atom. The molecule has 1 atom stereocenters. The Kier molecular flexibility index (Phi) is 6.26. The molecule has 106 valence electrons. The van der Waals surface area contributed by atoms with E-state index in [4.69, 9.17) is 14.2 Å². The monoisotopic (exact) mass is 258 g/mol. The van der Waals surface area contributed by atoms with Gasteiger partial charge < -0.3 is 14.2 Å². The molecule has 0 amide bonds. The summed E-state index contributed by atoms with van der Waals surface area (Å²) in [5, 5.41) is 0. The van der Waals surface area contributed by atoms with Crippen molar-refractivity contribution in [2.45, 2.75) is 65.5 Å². The fraction of sp³-hybridized carbons (Fsp3) is 0.929. The number of rotatable bonds is 7. The van der Waals surface area contributed by atoms with E-state index in [-0.39, 0.29) is 31.0 Å². The van der Waals surface area contributed by atoms with E-state index in [2.05, 4.69) is 13.8 Å². The number of ether oxygens (including phenoxy) is 3. The van der Waals surface area contributed by atoms with E-state index in [0.717, 1.165) is 25.7 Å². The molecule has 0 N–H and O–H groups in total. The van der Waals surface area contributed by atoms with E-state index in [0.29, 0.717) is 0 Å². The van der Waals surface area contributed by atoms with Crippen LogP contribution in [0.15, 0.2) is 0 Å². The lowest BCUT2D eigenvalue weighted by molar-refractivity contribution is -0.420. The standard InChI is InChI=1S/C14H26O4/c1-5-7-8-12(6-2)14(18-11(3)4)16-9-13(15)10-17-14/h11-12H,5-10H2,1-4H3. The Morgan fingerprint density at radius 1 is 1.28 bits per heavy atom. The van der Waals surface area contributed by atoms with Crippen LogP contribution < -0.4 is 0 Å². The maximum absolute atomic E-state index is 11.3. The highest BCUT2D eigenvalue weighted by atomic mass is 16.9. The van der Waals surface area contributed by atoms with E-state index < -0.39 is 5.97 Å². The molecule has 0 spiro atoms. The third-order valence-electron chi connectivity index (χ3n) is 3.17. The molecule has 0 radical (unpaired) electrons. The van der Waals surface area contributed by atoms with Crippen molar-refractivity contribution in [3.05, 3.63) is 0 Å². The lowest BCUT2D eigenvalue weighted by atomic mass is 9.96. The van der Waals surface area contributed by atoms with Gasteiger partial charge in [0.25, 0.3) is 5.97 Å². The van der Waals surface area contributed by atoms with Gasteiger partial charge in [-0.3, -0.25) is 4.79 Å². The highest BCUT2D eigenvalue weighted by molar-refractivity contribution is 5.81. The number of hydrogen-bond acceptors (Lipinski definition) is 4. The van der Waals surface area contributed by atoms with Crippen molar-refractivity contribution >= 4 is 5.78 Å². The molecule has 0 aromatic heterocycles. The predicted molar refractivity (Wildman–Crippen MR) is 69.2 cm³/mol. The van der Waals surface area contributed by atoms with E-state index in [1.807, 2.05) is 13.8 Å². The van der Waals surface area contributed by atoms with Crippen LogP contribution in [0.2, 0.25) is 0 Å². The van der Waals surface area contributed by atoms with Crippen molar-refractivity contribution in [3.8, 4) is 0 Å². The van der Waals surface area contributed by atoms with Gasteiger partial charge in [0, 0.05) is 5.92 Å². The summed E-state index contributed by atoms with van der Waals surface area (Å²) in [6, 6.07) is 0. The fourth-order valence-electron chi connectivity index (χ4n) is 2.26. The third kappa shape index (κ3) is 4.04. The molecule has 1 fully saturated rings. The van der Waals surface area contributed by atoms with Crippen LogP contribution in [0.5, 0.6) is 0 Å². The van der Waals surface area contributed by atoms with Crippen LogP contribution in [0.25, 0.3) is 0 Å². The molecule has 4 nitrogen and oxygen atoms in total. The van der Waals surface area contributed by atoms with Crippen molar-refractivity contribution < 1.29 is 19.0 Å². The summed E-state index contributed by atoms with van der Waals surface area (Å²) in [4.78, 5) is 11.3. The molecule has 0 aliphatic carbocycles. The summed E-state index contributed by atoms with van der Waals surface area (Å²) in [7, 11) is 0. The predicted octanol–water partition coefficient (Wildman–Crippen LogP) is 2.90. The van der Waals surface area contributed by atoms with Crippen molar-refractivity contribution in [1.82, 2.24) is 0 Å². The Bertz CT molecular complexity index is 253. The minimum absolute atomic E-state index is 0.00822. The Hall–Kier alpha value is -0.450. The molecule has 4 heteroatoms. The maximum Gasteiger partial charge on any atom is 0.286 e. The highest BCUT2D eigenvalue weighted by Crippen LogP contribution is 2.35. The number of hydrogen-bond donors (Lipinski definition) is 0. The summed E-state index contributed by atoms with van der Waals surface area (Å²) in [6.07, 6.45) is 4.17. The van der Waals surface area contributed by atoms with Gasteiger partial charge in [0.15, 0.2) is 5.78 Å². The average molecular weight is 258 g/mol. The van der Waals surface area contributed by atoms with Crippen molar-refractivity contribution in [3.63, 3.8) is 0 Å². The molecule has 0 aromatic carbocycles. The zero-order valence-corrected chi connectivity index (χ0v) is 12.0. The van der Waals surface area contributed by atoms with Crippen LogP contribution >= 0.6 is 0 Å². The molecule has 0 saturated carbocycles. The highest BCUT2D eigenvalue weighted by Gasteiger charge is 2.45. The molecule has 1 saturated heterocycles. The summed E-state index contributed by atoms with van der Waals surface area (Å²) in [6.45, 7) is 8.36. The number of ketones is 1. The molecule has 0 bridgehead atoms. The lowest BCUT2D eigenvalue weighted by Gasteiger charge is -2.42. The second kappa shape index (κ2) is 7.22. The van der Waals surface area contributed by atoms with Gasteiger partial charge in [0.1, 0.15) is 13.2 Å². The molecule has 1 aliphatic heterocycles. The third-order valence-corrected chi connectivity index (χ3v) is 3.17. The van der Waals surface area contributed by atoms with Gasteiger partial charge in [-0.15, -0.1) is 0 Å². The maximum atomic E-state index is 11.3. The fourth-order valence-corrected chi connectivity index (χ4v) is 2.26. The minimum Gasteiger partial charge on any atom is -0.324 e. The van der Waals surface area contributed by atoms with Crippen LogP contribution in [-0.4, -0.2) is 31.1 Å². The molecular formula is C14H26O4. The van der Waals surface area contributed by atoms with E-state index in [1.54, 1.807) is 0 Å². The first-order chi connectivity index (χ1) is 8.54. The van der Waals surface area contributed by atoms with Gasteiger partial charge in [-0.25, -0.2) is 0 Å². The molecular weight excluding hydrogens is 232 g/mol. The number of Topliss-reactive ketones (excluding diaryl/α,β-unsaturated/α-hetero) is 1. The minimum atomic E-state index is -1.02. The lowest BCUT2D eigenvalue weighted by Crippen LogP contribution is -2.53. The first kappa shape index (κ1) is 15.6. The number of unbranched alkanes of at least 4 members (excludes halogenated alkanes) is 1. The molecule has 0 aromatic rings. The van der Waals surface area contributed by atoms with Crippen LogP contribution in [0.4, 0.5) is 0 Å². The Balaban J connectivity index is 2.77. The molecule has 1 unspecified atom stereocenters. The van der Waals surface area contributed by atoms with Crippen LogP contribution in [0.1, 0.15) is 53.4 Å². The summed E-state index contributed by atoms with van der Waals surface area (Å²) < 4.78 is 17.2. The van der Waals surface area contributed by atoms with Gasteiger partial charge in [0.2, 0.25) is 0 Å². The quantitative estimate of drug-likeness (QED) is 0.704. The molecule has 1 rings (SSSR count). The molecule has 18 heavy (non-hydrogen) atoms. The van der Waals surface area contributed by atoms with Crippen LogP contribution in [0, 0.1) is 5.92 Å². The van der Waals surface area contributed by atoms with Gasteiger partial charge in [-0.2, -0.15) is 0 Å². The van der Waals surface area contributed by atoms with Crippen LogP contribution in [0.3, 0.4) is 0 Å². The zero-order valence-electron chi connectivity index (χ0n) is 12.0. The summed E-state index contributed by atoms with van der Waals surface area (Å²) in [5.74, 6) is -0.872. The van der Waals surface area contributed by atoms with Crippen molar-refractivity contribution in [2.75, 3.05) is 13.2 Å². The SMILES string of the molecule is CCCCC(CC)C1(OC(C)C)OCC(=O)CO1. The summed E-state index contributed by atoms with van der Waals surface area (Å²) >= 11 is 0. The smallest absolute Gasteiger partial charge is 0.286 e. The van der Waals surface area contributed by atoms with Crippen LogP contribution in [-0.2, 0) is 19.0 Å². The van der Waals surface area contributed by atoms with Gasteiger partial charge in [-0.05, 0) is 26.7 Å². The van der Waals surface area contributed by atoms with E-state index in [1.165, 1.54) is 0 Å². The van der Waals surface area contributed by atoms with Gasteiger partial charge >= 0.3 is 0 Å². The Labute approximate surface area is 110 Å². The van der Waals surface area contributed by atoms with Gasteiger partial charge in [-0.1, -0.05) is 26.7 Å². The van der Waals surface area contributed by atoms with Crippen molar-refractivity contribution in [1.29, 1.82) is 0 Å². The van der Waals surface area contributed by atoms with Crippen molar-refractivity contribution in [2.24, 2.45) is 5.92 Å². The molecule has 1 aliphatic rings. The molecule has 1 heterocycles. The summed E-state index contributed by atoms with van der Waals surface area (Å²) in [5.41, 5.74) is 0. The second-order valence-electron chi connectivity index (χ2n) is 5.13. The second-order valence-corrected chi connectivity index (χ2v) is 5.13. The van der Waals surface area contributed by atoms with Gasteiger partial charge in [0.05, 0.1) is 6.10 Å². The number of carbonyl (C=O) groups is 1. The largest absolute Gasteiger partial charge is 0.324 e. The van der Waals surface area contributed by atoms with E-state index in [9.17, 15) is 4.79 Å².